The number of ether oxygens (including phenoxy) is 1. The Labute approximate surface area is 118 Å². The molecule has 1 fully saturated rings. The molecule has 2 bridgehead atoms. The van der Waals surface area contributed by atoms with Crippen LogP contribution in [0.2, 0.25) is 0 Å². The summed E-state index contributed by atoms with van der Waals surface area (Å²) in [5.41, 5.74) is 0. The SMILES string of the molecule is CCc1nnc(NC(=O)C2C3C=CC(O3)C2C(=O)O)s1. The number of carbonyl (C=O) groups excluding carboxylic acids is 1. The van der Waals surface area contributed by atoms with Crippen LogP contribution < -0.4 is 5.32 Å². The lowest BCUT2D eigenvalue weighted by Crippen LogP contribution is -2.39. The molecule has 4 atom stereocenters. The maximum Gasteiger partial charge on any atom is 0.310 e. The van der Waals surface area contributed by atoms with Gasteiger partial charge in [0.05, 0.1) is 18.1 Å². The molecule has 7 nitrogen and oxygen atoms in total. The fourth-order valence-electron chi connectivity index (χ4n) is 2.55. The summed E-state index contributed by atoms with van der Waals surface area (Å²) in [6.07, 6.45) is 3.19. The lowest BCUT2D eigenvalue weighted by Gasteiger charge is -2.20. The van der Waals surface area contributed by atoms with Crippen LogP contribution in [-0.4, -0.2) is 39.4 Å². The molecule has 1 amide bonds. The molecule has 0 saturated carbocycles. The van der Waals surface area contributed by atoms with E-state index in [0.29, 0.717) is 5.13 Å². The predicted octanol–water partition coefficient (Wildman–Crippen LogP) is 0.693. The second-order valence-electron chi connectivity index (χ2n) is 4.68. The molecule has 0 aromatic carbocycles. The Morgan fingerprint density at radius 3 is 2.65 bits per heavy atom. The minimum Gasteiger partial charge on any atom is -0.481 e. The van der Waals surface area contributed by atoms with Crippen molar-refractivity contribution >= 4 is 28.3 Å². The number of carboxylic acid groups (broad SMARTS) is 1. The third-order valence-electron chi connectivity index (χ3n) is 3.49. The Hall–Kier alpha value is -1.80. The van der Waals surface area contributed by atoms with Gasteiger partial charge in [-0.15, -0.1) is 10.2 Å². The highest BCUT2D eigenvalue weighted by Gasteiger charge is 2.53. The fourth-order valence-corrected chi connectivity index (χ4v) is 3.23. The molecule has 0 radical (unpaired) electrons. The van der Waals surface area contributed by atoms with E-state index in [1.54, 1.807) is 12.2 Å². The summed E-state index contributed by atoms with van der Waals surface area (Å²) < 4.78 is 5.46. The van der Waals surface area contributed by atoms with Crippen LogP contribution in [0.15, 0.2) is 12.2 Å². The maximum atomic E-state index is 12.3. The Kier molecular flexibility index (Phi) is 3.27. The Morgan fingerprint density at radius 2 is 2.05 bits per heavy atom. The normalized spacial score (nSPS) is 30.6. The zero-order valence-corrected chi connectivity index (χ0v) is 11.5. The van der Waals surface area contributed by atoms with Crippen LogP contribution in [0.4, 0.5) is 5.13 Å². The largest absolute Gasteiger partial charge is 0.481 e. The zero-order valence-electron chi connectivity index (χ0n) is 10.6. The van der Waals surface area contributed by atoms with Gasteiger partial charge >= 0.3 is 5.97 Å². The maximum absolute atomic E-state index is 12.3. The number of carbonyl (C=O) groups is 2. The van der Waals surface area contributed by atoms with Crippen molar-refractivity contribution < 1.29 is 19.4 Å². The number of aliphatic carboxylic acids is 1. The van der Waals surface area contributed by atoms with Crippen molar-refractivity contribution in [3.05, 3.63) is 17.2 Å². The van der Waals surface area contributed by atoms with Crippen molar-refractivity contribution in [2.75, 3.05) is 5.32 Å². The first-order chi connectivity index (χ1) is 9.60. The quantitative estimate of drug-likeness (QED) is 0.793. The van der Waals surface area contributed by atoms with Gasteiger partial charge in [-0.2, -0.15) is 0 Å². The van der Waals surface area contributed by atoms with Crippen molar-refractivity contribution in [2.45, 2.75) is 25.6 Å². The van der Waals surface area contributed by atoms with Crippen LogP contribution in [-0.2, 0) is 20.7 Å². The van der Waals surface area contributed by atoms with Gasteiger partial charge < -0.3 is 15.2 Å². The van der Waals surface area contributed by atoms with E-state index in [2.05, 4.69) is 15.5 Å². The van der Waals surface area contributed by atoms with Crippen LogP contribution >= 0.6 is 11.3 Å². The average Bonchev–Trinajstić information content (AvgIpc) is 3.12. The van der Waals surface area contributed by atoms with E-state index in [1.807, 2.05) is 6.92 Å². The van der Waals surface area contributed by atoms with Crippen LogP contribution in [0, 0.1) is 11.8 Å². The molecule has 20 heavy (non-hydrogen) atoms. The van der Waals surface area contributed by atoms with Gasteiger partial charge in [0.25, 0.3) is 0 Å². The van der Waals surface area contributed by atoms with E-state index in [4.69, 9.17) is 4.74 Å². The van der Waals surface area contributed by atoms with Gasteiger partial charge in [-0.25, -0.2) is 0 Å². The Bertz CT molecular complexity index is 585. The van der Waals surface area contributed by atoms with Crippen molar-refractivity contribution in [1.82, 2.24) is 10.2 Å². The monoisotopic (exact) mass is 295 g/mol. The van der Waals surface area contributed by atoms with E-state index in [-0.39, 0.29) is 5.91 Å². The molecule has 1 saturated heterocycles. The van der Waals surface area contributed by atoms with Crippen LogP contribution in [0.1, 0.15) is 11.9 Å². The third-order valence-corrected chi connectivity index (χ3v) is 4.47. The molecule has 1 aromatic heterocycles. The van der Waals surface area contributed by atoms with E-state index >= 15 is 0 Å². The summed E-state index contributed by atoms with van der Waals surface area (Å²) in [5.74, 6) is -2.97. The topological polar surface area (TPSA) is 101 Å². The molecule has 4 unspecified atom stereocenters. The zero-order chi connectivity index (χ0) is 14.3. The number of rotatable bonds is 4. The minimum absolute atomic E-state index is 0.381. The second kappa shape index (κ2) is 4.95. The summed E-state index contributed by atoms with van der Waals surface area (Å²) in [6.45, 7) is 1.95. The van der Waals surface area contributed by atoms with Gasteiger partial charge in [0.15, 0.2) is 0 Å². The molecule has 2 N–H and O–H groups in total. The number of amides is 1. The highest BCUT2D eigenvalue weighted by Crippen LogP contribution is 2.39. The first-order valence-corrected chi connectivity index (χ1v) is 7.11. The Morgan fingerprint density at radius 1 is 1.35 bits per heavy atom. The average molecular weight is 295 g/mol. The fraction of sp³-hybridized carbons (Fsp3) is 0.500. The molecule has 3 rings (SSSR count). The first kappa shape index (κ1) is 13.2. The number of anilines is 1. The van der Waals surface area contributed by atoms with E-state index in [9.17, 15) is 14.7 Å². The van der Waals surface area contributed by atoms with Crippen LogP contribution in [0.5, 0.6) is 0 Å². The number of nitrogens with zero attached hydrogens (tertiary/aromatic N) is 2. The molecule has 0 aliphatic carbocycles. The van der Waals surface area contributed by atoms with Crippen molar-refractivity contribution in [3.63, 3.8) is 0 Å². The van der Waals surface area contributed by atoms with E-state index < -0.39 is 30.0 Å². The van der Waals surface area contributed by atoms with Gasteiger partial charge in [0, 0.05) is 0 Å². The minimum atomic E-state index is -1.02. The molecule has 1 aromatic rings. The van der Waals surface area contributed by atoms with Crippen LogP contribution in [0.25, 0.3) is 0 Å². The molecule has 2 aliphatic rings. The summed E-state index contributed by atoms with van der Waals surface area (Å²) in [7, 11) is 0. The number of fused-ring (bicyclic) bond motifs is 2. The molecule has 8 heteroatoms. The highest BCUT2D eigenvalue weighted by atomic mass is 32.1. The van der Waals surface area contributed by atoms with Crippen molar-refractivity contribution in [2.24, 2.45) is 11.8 Å². The highest BCUT2D eigenvalue weighted by molar-refractivity contribution is 7.15. The van der Waals surface area contributed by atoms with Crippen LogP contribution in [0.3, 0.4) is 0 Å². The molecular formula is C12H13N3O4S. The van der Waals surface area contributed by atoms with E-state index in [0.717, 1.165) is 11.4 Å². The number of aryl methyl sites for hydroxylation is 1. The lowest BCUT2D eigenvalue weighted by molar-refractivity contribution is -0.145. The van der Waals surface area contributed by atoms with Gasteiger partial charge in [-0.3, -0.25) is 9.59 Å². The van der Waals surface area contributed by atoms with Gasteiger partial charge in [0.2, 0.25) is 11.0 Å². The summed E-state index contributed by atoms with van der Waals surface area (Å²) in [6, 6.07) is 0. The first-order valence-electron chi connectivity index (χ1n) is 6.30. The molecule has 106 valence electrons. The summed E-state index contributed by atoms with van der Waals surface area (Å²) >= 11 is 1.29. The van der Waals surface area contributed by atoms with Crippen molar-refractivity contribution in [1.29, 1.82) is 0 Å². The van der Waals surface area contributed by atoms with Crippen molar-refractivity contribution in [3.8, 4) is 0 Å². The summed E-state index contributed by atoms with van der Waals surface area (Å²) in [4.78, 5) is 23.6. The van der Waals surface area contributed by atoms with Gasteiger partial charge in [-0.1, -0.05) is 30.4 Å². The van der Waals surface area contributed by atoms with Gasteiger partial charge in [-0.05, 0) is 6.42 Å². The van der Waals surface area contributed by atoms with E-state index in [1.165, 1.54) is 11.3 Å². The molecule has 3 heterocycles. The Balaban J connectivity index is 1.76. The summed E-state index contributed by atoms with van der Waals surface area (Å²) in [5, 5.41) is 20.9. The smallest absolute Gasteiger partial charge is 0.310 e. The predicted molar refractivity (Wildman–Crippen MR) is 70.3 cm³/mol. The van der Waals surface area contributed by atoms with Gasteiger partial charge in [0.1, 0.15) is 10.9 Å². The molecular weight excluding hydrogens is 282 g/mol. The third kappa shape index (κ3) is 2.10. The number of carboxylic acids is 1. The second-order valence-corrected chi connectivity index (χ2v) is 5.75. The molecule has 2 aliphatic heterocycles. The number of hydrogen-bond donors (Lipinski definition) is 2. The lowest BCUT2D eigenvalue weighted by atomic mass is 9.82. The molecule has 0 spiro atoms. The standard InChI is InChI=1S/C12H13N3O4S/c1-2-7-14-15-12(20-7)13-10(16)8-5-3-4-6(19-5)9(8)11(17)18/h3-6,8-9H,2H2,1H3,(H,17,18)(H,13,15,16). The number of aromatic nitrogens is 2. The number of nitrogens with one attached hydrogen (secondary N) is 1. The number of hydrogen-bond acceptors (Lipinski definition) is 6.